The molecule has 0 aromatic rings. The van der Waals surface area contributed by atoms with Crippen LogP contribution >= 0.6 is 0 Å². The van der Waals surface area contributed by atoms with Gasteiger partial charge in [0.1, 0.15) is 18.8 Å². The van der Waals surface area contributed by atoms with Crippen LogP contribution in [0.4, 0.5) is 4.79 Å². The second-order valence-corrected chi connectivity index (χ2v) is 21.1. The van der Waals surface area contributed by atoms with Crippen LogP contribution in [0.1, 0.15) is 233 Å². The van der Waals surface area contributed by atoms with Gasteiger partial charge in [0.05, 0.1) is 52.4 Å². The molecule has 0 radical (unpaired) electrons. The van der Waals surface area contributed by atoms with Crippen molar-refractivity contribution in [1.29, 1.82) is 0 Å². The second kappa shape index (κ2) is 43.8. The van der Waals surface area contributed by atoms with Gasteiger partial charge in [-0.25, -0.2) is 4.79 Å². The van der Waals surface area contributed by atoms with Gasteiger partial charge in [0.15, 0.2) is 0 Å². The van der Waals surface area contributed by atoms with Gasteiger partial charge in [0.25, 0.3) is 0 Å². The highest BCUT2D eigenvalue weighted by Gasteiger charge is 2.32. The zero-order chi connectivity index (χ0) is 54.7. The minimum atomic E-state index is -0.973. The van der Waals surface area contributed by atoms with E-state index >= 15 is 0 Å². The van der Waals surface area contributed by atoms with E-state index in [1.165, 1.54) is 4.90 Å². The summed E-state index contributed by atoms with van der Waals surface area (Å²) < 4.78 is 40.1. The molecule has 1 fully saturated rings. The van der Waals surface area contributed by atoms with Gasteiger partial charge < -0.3 is 43.0 Å². The van der Waals surface area contributed by atoms with Crippen molar-refractivity contribution in [1.82, 2.24) is 9.80 Å². The molecule has 75 heavy (non-hydrogen) atoms. The molecule has 1 saturated heterocycles. The summed E-state index contributed by atoms with van der Waals surface area (Å²) in [6.45, 7) is 8.89. The number of nitrogens with zero attached hydrogens (tertiary/aromatic N) is 2. The van der Waals surface area contributed by atoms with Gasteiger partial charge in [-0.1, -0.05) is 156 Å². The average molecular weight is 1060 g/mol. The fourth-order valence-corrected chi connectivity index (χ4v) is 9.20. The van der Waals surface area contributed by atoms with Crippen LogP contribution < -0.4 is 0 Å². The number of carbonyl (C=O) groups is 7. The lowest BCUT2D eigenvalue weighted by atomic mass is 10.1. The van der Waals surface area contributed by atoms with E-state index in [2.05, 4.69) is 32.6 Å². The molecule has 1 amide bonds. The van der Waals surface area contributed by atoms with E-state index in [-0.39, 0.29) is 115 Å². The minimum Gasteiger partial charge on any atom is -0.465 e. The summed E-state index contributed by atoms with van der Waals surface area (Å²) in [7, 11) is 1.98. The maximum atomic E-state index is 13.8. The Morgan fingerprint density at radius 3 is 1.07 bits per heavy atom. The van der Waals surface area contributed by atoms with Gasteiger partial charge in [0.2, 0.25) is 0 Å². The first kappa shape index (κ1) is 66.9. The third kappa shape index (κ3) is 35.0. The number of rotatable bonds is 44. The summed E-state index contributed by atoms with van der Waals surface area (Å²) in [4.78, 5) is 95.7. The van der Waals surface area contributed by atoms with Crippen molar-refractivity contribution in [2.24, 2.45) is 11.8 Å². The monoisotopic (exact) mass is 1060 g/mol. The van der Waals surface area contributed by atoms with E-state index < -0.39 is 42.1 Å². The Labute approximate surface area is 452 Å². The molecule has 1 unspecified atom stereocenters. The summed E-state index contributed by atoms with van der Waals surface area (Å²) in [5, 5.41) is 0. The summed E-state index contributed by atoms with van der Waals surface area (Å²) >= 11 is 0. The van der Waals surface area contributed by atoms with Gasteiger partial charge in [0, 0.05) is 43.6 Å². The fraction of sp³-hybridized carbons (Fsp3) is 0.847. The van der Waals surface area contributed by atoms with Crippen molar-refractivity contribution < 1.29 is 66.7 Å². The lowest BCUT2D eigenvalue weighted by Crippen LogP contribution is -2.43. The van der Waals surface area contributed by atoms with Gasteiger partial charge in [-0.15, -0.1) is 0 Å². The second-order valence-electron chi connectivity index (χ2n) is 21.1. The van der Waals surface area contributed by atoms with Crippen LogP contribution in [-0.4, -0.2) is 130 Å². The molecular weight excluding hydrogens is 961 g/mol. The van der Waals surface area contributed by atoms with Crippen LogP contribution in [0.2, 0.25) is 0 Å². The molecule has 0 aliphatic carbocycles. The molecule has 432 valence electrons. The smallest absolute Gasteiger partial charge is 0.410 e. The van der Waals surface area contributed by atoms with Gasteiger partial charge in [-0.2, -0.15) is 0 Å². The van der Waals surface area contributed by atoms with E-state index in [0.29, 0.717) is 25.7 Å². The topological polar surface area (TPSA) is 191 Å². The molecule has 0 aromatic heterocycles. The Kier molecular flexibility index (Phi) is 39.1. The standard InChI is InChI=1S/C59H102N2O14/c1-6-10-14-18-22-26-32-53(62)69-43-48(44-70-54(63)33-27-23-19-15-11-7-2)39-57(66)74-51-36-37-52(42-61(41-51)59(68)73-47-50-31-30-38-60(50)5)75-58(67)40-49(45-71-55(64)34-28-24-20-16-12-8-3)46-72-56(65)35-29-25-21-17-13-9-4/h36-37,48-52H,6-35,38-47H2,1-5H3/t50?,51-,52-/m0/s1. The van der Waals surface area contributed by atoms with Crippen LogP contribution in [0, 0.1) is 11.8 Å². The molecule has 0 saturated carbocycles. The number of hydrogen-bond donors (Lipinski definition) is 0. The lowest BCUT2D eigenvalue weighted by Gasteiger charge is -2.27. The highest BCUT2D eigenvalue weighted by Crippen LogP contribution is 2.20. The summed E-state index contributed by atoms with van der Waals surface area (Å²) in [6, 6.07) is 0.0507. The molecule has 0 N–H and O–H groups in total. The Bertz CT molecular complexity index is 1450. The van der Waals surface area contributed by atoms with Crippen molar-refractivity contribution in [3.8, 4) is 0 Å². The number of unbranched alkanes of at least 4 members (excludes halogenated alkanes) is 20. The van der Waals surface area contributed by atoms with Crippen molar-refractivity contribution in [3.05, 3.63) is 12.2 Å². The first-order valence-electron chi connectivity index (χ1n) is 29.7. The molecule has 2 aliphatic heterocycles. The molecule has 16 nitrogen and oxygen atoms in total. The van der Waals surface area contributed by atoms with E-state index in [1.807, 2.05) is 7.05 Å². The van der Waals surface area contributed by atoms with Crippen LogP contribution in [0.15, 0.2) is 12.2 Å². The summed E-state index contributed by atoms with van der Waals surface area (Å²) in [5.41, 5.74) is 0. The van der Waals surface area contributed by atoms with E-state index in [1.54, 1.807) is 12.2 Å². The highest BCUT2D eigenvalue weighted by molar-refractivity contribution is 5.73. The third-order valence-electron chi connectivity index (χ3n) is 14.0. The van der Waals surface area contributed by atoms with Gasteiger partial charge in [-0.05, 0) is 64.3 Å². The first-order chi connectivity index (χ1) is 36.4. The fourth-order valence-electron chi connectivity index (χ4n) is 9.20. The number of likely N-dealkylation sites (tertiary alicyclic amines) is 1. The molecule has 0 spiro atoms. The lowest BCUT2D eigenvalue weighted by molar-refractivity contribution is -0.157. The predicted molar refractivity (Wildman–Crippen MR) is 289 cm³/mol. The maximum Gasteiger partial charge on any atom is 0.410 e. The Balaban J connectivity index is 2.19. The molecule has 16 heteroatoms. The maximum absolute atomic E-state index is 13.8. The predicted octanol–water partition coefficient (Wildman–Crippen LogP) is 12.1. The van der Waals surface area contributed by atoms with Crippen LogP contribution in [0.3, 0.4) is 0 Å². The van der Waals surface area contributed by atoms with Gasteiger partial charge in [-0.3, -0.25) is 28.8 Å². The minimum absolute atomic E-state index is 0.0507. The molecule has 0 aromatic carbocycles. The van der Waals surface area contributed by atoms with Gasteiger partial charge >= 0.3 is 41.9 Å². The molecule has 2 rings (SSSR count). The number of esters is 6. The molecule has 0 bridgehead atoms. The molecule has 2 aliphatic rings. The van der Waals surface area contributed by atoms with E-state index in [4.69, 9.17) is 33.2 Å². The Morgan fingerprint density at radius 1 is 0.440 bits per heavy atom. The quantitative estimate of drug-likeness (QED) is 0.0242. The average Bonchev–Trinajstić information content (AvgIpc) is 3.70. The van der Waals surface area contributed by atoms with Crippen molar-refractivity contribution >= 4 is 41.9 Å². The zero-order valence-corrected chi connectivity index (χ0v) is 47.4. The van der Waals surface area contributed by atoms with Crippen molar-refractivity contribution in [3.63, 3.8) is 0 Å². The van der Waals surface area contributed by atoms with Crippen molar-refractivity contribution in [2.75, 3.05) is 59.7 Å². The molecule has 2 heterocycles. The molecular formula is C59H102N2O14. The SMILES string of the molecule is CCCCCCCCC(=O)OCC(COC(=O)CCCCCCCC)CC(=O)O[C@H]1C=C[C@H](OC(=O)CC(COC(=O)CCCCCCCC)COC(=O)CCCCCCCC)CN(C(=O)OCC2CCCN2C)C1. The van der Waals surface area contributed by atoms with Crippen LogP contribution in [0.5, 0.6) is 0 Å². The van der Waals surface area contributed by atoms with Crippen molar-refractivity contribution in [2.45, 2.75) is 251 Å². The number of ether oxygens (including phenoxy) is 7. The van der Waals surface area contributed by atoms with E-state index in [0.717, 1.165) is 148 Å². The normalized spacial score (nSPS) is 16.7. The first-order valence-corrected chi connectivity index (χ1v) is 29.7. The third-order valence-corrected chi connectivity index (χ3v) is 14.0. The Hall–Kier alpha value is -4.21. The molecule has 3 atom stereocenters. The Morgan fingerprint density at radius 2 is 0.760 bits per heavy atom. The van der Waals surface area contributed by atoms with Crippen LogP contribution in [-0.2, 0) is 61.9 Å². The zero-order valence-electron chi connectivity index (χ0n) is 47.4. The summed E-state index contributed by atoms with van der Waals surface area (Å²) in [5.74, 6) is -4.20. The van der Waals surface area contributed by atoms with Crippen LogP contribution in [0.25, 0.3) is 0 Å². The number of hydrogen-bond acceptors (Lipinski definition) is 15. The highest BCUT2D eigenvalue weighted by atomic mass is 16.6. The largest absolute Gasteiger partial charge is 0.465 e. The number of amides is 1. The number of likely N-dealkylation sites (N-methyl/N-ethyl adjacent to an activating group) is 1. The van der Waals surface area contributed by atoms with E-state index in [9.17, 15) is 33.6 Å². The number of carbonyl (C=O) groups excluding carboxylic acids is 7. The summed E-state index contributed by atoms with van der Waals surface area (Å²) in [6.07, 6.45) is 27.3.